The third kappa shape index (κ3) is 4.08. The Labute approximate surface area is 140 Å². The molecule has 0 unspecified atom stereocenters. The molecule has 0 aliphatic heterocycles. The quantitative estimate of drug-likeness (QED) is 0.667. The molecule has 2 N–H and O–H groups in total. The fourth-order valence-corrected chi connectivity index (χ4v) is 3.20. The maximum absolute atomic E-state index is 9.99. The van der Waals surface area contributed by atoms with Gasteiger partial charge in [-0.15, -0.1) is 0 Å². The van der Waals surface area contributed by atoms with Crippen molar-refractivity contribution in [1.82, 2.24) is 0 Å². The van der Waals surface area contributed by atoms with Crippen molar-refractivity contribution in [3.63, 3.8) is 0 Å². The fourth-order valence-electron chi connectivity index (χ4n) is 1.94. The van der Waals surface area contributed by atoms with Gasteiger partial charge in [-0.2, -0.15) is 0 Å². The van der Waals surface area contributed by atoms with Crippen LogP contribution in [0.15, 0.2) is 44.3 Å². The van der Waals surface area contributed by atoms with Crippen molar-refractivity contribution in [3.05, 3.63) is 50.4 Å². The number of nitrogens with zero attached hydrogens (tertiary/aromatic N) is 1. The molecule has 0 fully saturated rings. The molecule has 3 nitrogen and oxygen atoms in total. The molecule has 0 aliphatic carbocycles. The molecule has 0 heterocycles. The van der Waals surface area contributed by atoms with Crippen LogP contribution in [0.5, 0.6) is 11.5 Å². The molecular formula is C16H15Br2NO2. The van der Waals surface area contributed by atoms with E-state index in [4.69, 9.17) is 0 Å². The van der Waals surface area contributed by atoms with E-state index in [2.05, 4.69) is 43.8 Å². The number of benzene rings is 2. The van der Waals surface area contributed by atoms with Crippen molar-refractivity contribution in [1.29, 1.82) is 0 Å². The lowest BCUT2D eigenvalue weighted by Gasteiger charge is -2.05. The summed E-state index contributed by atoms with van der Waals surface area (Å²) in [6.07, 6.45) is 3.51. The van der Waals surface area contributed by atoms with Crippen molar-refractivity contribution >= 4 is 43.8 Å². The van der Waals surface area contributed by atoms with Crippen LogP contribution in [0.2, 0.25) is 0 Å². The van der Waals surface area contributed by atoms with Crippen LogP contribution in [0.1, 0.15) is 24.5 Å². The average molecular weight is 413 g/mol. The highest BCUT2D eigenvalue weighted by Gasteiger charge is 2.06. The summed E-state index contributed by atoms with van der Waals surface area (Å²) >= 11 is 6.65. The number of aliphatic imine (C=N–C) groups is 1. The second-order valence-corrected chi connectivity index (χ2v) is 6.43. The van der Waals surface area contributed by atoms with E-state index in [1.54, 1.807) is 18.2 Å². The summed E-state index contributed by atoms with van der Waals surface area (Å²) in [6, 6.07) is 8.92. The van der Waals surface area contributed by atoms with Crippen LogP contribution in [0, 0.1) is 0 Å². The summed E-state index contributed by atoms with van der Waals surface area (Å²) in [5.74, 6) is 0.241. The first-order valence-corrected chi connectivity index (χ1v) is 8.14. The number of aryl methyl sites for hydroxylation is 1. The molecular weight excluding hydrogens is 398 g/mol. The first-order valence-electron chi connectivity index (χ1n) is 6.55. The second-order valence-electron chi connectivity index (χ2n) is 4.66. The van der Waals surface area contributed by atoms with Crippen molar-refractivity contribution in [2.75, 3.05) is 0 Å². The largest absolute Gasteiger partial charge is 0.506 e. The van der Waals surface area contributed by atoms with Crippen LogP contribution in [-0.2, 0) is 6.42 Å². The molecule has 0 aliphatic rings. The summed E-state index contributed by atoms with van der Waals surface area (Å²) in [4.78, 5) is 4.29. The van der Waals surface area contributed by atoms with Gasteiger partial charge in [0.15, 0.2) is 0 Å². The third-order valence-electron chi connectivity index (χ3n) is 2.98. The first kappa shape index (κ1) is 16.0. The molecule has 0 saturated carbocycles. The van der Waals surface area contributed by atoms with E-state index in [0.29, 0.717) is 15.7 Å². The van der Waals surface area contributed by atoms with Crippen LogP contribution >= 0.6 is 31.9 Å². The number of halogens is 2. The Hall–Kier alpha value is -1.33. The van der Waals surface area contributed by atoms with Gasteiger partial charge in [0.2, 0.25) is 0 Å². The van der Waals surface area contributed by atoms with Crippen LogP contribution in [-0.4, -0.2) is 16.4 Å². The van der Waals surface area contributed by atoms with Crippen molar-refractivity contribution in [2.45, 2.75) is 19.8 Å². The van der Waals surface area contributed by atoms with Crippen molar-refractivity contribution in [2.24, 2.45) is 4.99 Å². The van der Waals surface area contributed by atoms with Gasteiger partial charge in [-0.3, -0.25) is 4.99 Å². The van der Waals surface area contributed by atoms with E-state index < -0.39 is 0 Å². The zero-order valence-corrected chi connectivity index (χ0v) is 14.6. The standard InChI is InChI=1S/C16H15Br2NO2/c1-2-3-10-4-5-15(20)14(6-10)19-9-11-7-12(17)8-13(18)16(11)21/h4-9,20-21H,2-3H2,1H3. The minimum Gasteiger partial charge on any atom is -0.506 e. The van der Waals surface area contributed by atoms with Crippen molar-refractivity contribution < 1.29 is 10.2 Å². The van der Waals surface area contributed by atoms with E-state index >= 15 is 0 Å². The molecule has 5 heteroatoms. The highest BCUT2D eigenvalue weighted by Crippen LogP contribution is 2.32. The average Bonchev–Trinajstić information content (AvgIpc) is 2.44. The van der Waals surface area contributed by atoms with Gasteiger partial charge in [0.25, 0.3) is 0 Å². The van der Waals surface area contributed by atoms with Crippen LogP contribution in [0.3, 0.4) is 0 Å². The lowest BCUT2D eigenvalue weighted by Crippen LogP contribution is -1.86. The maximum Gasteiger partial charge on any atom is 0.141 e. The van der Waals surface area contributed by atoms with E-state index in [1.807, 2.05) is 12.1 Å². The van der Waals surface area contributed by atoms with Gasteiger partial charge < -0.3 is 10.2 Å². The Kier molecular flexibility index (Phi) is 5.42. The Morgan fingerprint density at radius 1 is 1.14 bits per heavy atom. The predicted octanol–water partition coefficient (Wildman–Crippen LogP) is 5.33. The smallest absolute Gasteiger partial charge is 0.141 e. The third-order valence-corrected chi connectivity index (χ3v) is 4.04. The molecule has 0 spiro atoms. The highest BCUT2D eigenvalue weighted by atomic mass is 79.9. The Morgan fingerprint density at radius 3 is 2.62 bits per heavy atom. The van der Waals surface area contributed by atoms with E-state index in [-0.39, 0.29) is 11.5 Å². The SMILES string of the molecule is CCCc1ccc(O)c(N=Cc2cc(Br)cc(Br)c2O)c1. The molecule has 2 aromatic rings. The number of phenolic OH excluding ortho intramolecular Hbond substituents is 2. The van der Waals surface area contributed by atoms with Gasteiger partial charge in [-0.1, -0.05) is 35.3 Å². The fraction of sp³-hybridized carbons (Fsp3) is 0.188. The molecule has 0 saturated heterocycles. The molecule has 0 amide bonds. The van der Waals surface area contributed by atoms with Crippen molar-refractivity contribution in [3.8, 4) is 11.5 Å². The second kappa shape index (κ2) is 7.09. The van der Waals surface area contributed by atoms with Gasteiger partial charge in [0, 0.05) is 16.3 Å². The molecule has 110 valence electrons. The summed E-state index contributed by atoms with van der Waals surface area (Å²) in [5, 5.41) is 19.9. The lowest BCUT2D eigenvalue weighted by molar-refractivity contribution is 0.470. The highest BCUT2D eigenvalue weighted by molar-refractivity contribution is 9.11. The molecule has 0 radical (unpaired) electrons. The van der Waals surface area contributed by atoms with Crippen LogP contribution < -0.4 is 0 Å². The Balaban J connectivity index is 2.35. The lowest BCUT2D eigenvalue weighted by atomic mass is 10.1. The maximum atomic E-state index is 9.99. The van der Waals surface area contributed by atoms with Gasteiger partial charge in [-0.05, 0) is 52.2 Å². The van der Waals surface area contributed by atoms with Gasteiger partial charge in [-0.25, -0.2) is 0 Å². The minimum atomic E-state index is 0.117. The van der Waals surface area contributed by atoms with Gasteiger partial charge >= 0.3 is 0 Å². The van der Waals surface area contributed by atoms with Gasteiger partial charge in [0.1, 0.15) is 17.2 Å². The van der Waals surface area contributed by atoms with E-state index in [9.17, 15) is 10.2 Å². The minimum absolute atomic E-state index is 0.117. The first-order chi connectivity index (χ1) is 10.0. The zero-order chi connectivity index (χ0) is 15.4. The summed E-state index contributed by atoms with van der Waals surface area (Å²) in [5.41, 5.74) is 2.19. The molecule has 0 bridgehead atoms. The Morgan fingerprint density at radius 2 is 1.90 bits per heavy atom. The number of aromatic hydroxyl groups is 2. The summed E-state index contributed by atoms with van der Waals surface area (Å²) < 4.78 is 1.42. The molecule has 0 atom stereocenters. The Bertz CT molecular complexity index is 684. The van der Waals surface area contributed by atoms with Crippen LogP contribution in [0.25, 0.3) is 0 Å². The number of hydrogen-bond acceptors (Lipinski definition) is 3. The van der Waals surface area contributed by atoms with Crippen LogP contribution in [0.4, 0.5) is 5.69 Å². The monoisotopic (exact) mass is 411 g/mol. The molecule has 21 heavy (non-hydrogen) atoms. The normalized spacial score (nSPS) is 11.2. The molecule has 2 rings (SSSR count). The zero-order valence-electron chi connectivity index (χ0n) is 11.5. The predicted molar refractivity (Wildman–Crippen MR) is 92.9 cm³/mol. The topological polar surface area (TPSA) is 52.8 Å². The van der Waals surface area contributed by atoms with E-state index in [0.717, 1.165) is 22.9 Å². The molecule has 0 aromatic heterocycles. The summed E-state index contributed by atoms with van der Waals surface area (Å²) in [7, 11) is 0. The number of rotatable bonds is 4. The molecule has 2 aromatic carbocycles. The van der Waals surface area contributed by atoms with Gasteiger partial charge in [0.05, 0.1) is 4.47 Å². The van der Waals surface area contributed by atoms with E-state index in [1.165, 1.54) is 6.21 Å². The number of phenols is 2. The number of hydrogen-bond donors (Lipinski definition) is 2. The summed E-state index contributed by atoms with van der Waals surface area (Å²) in [6.45, 7) is 2.10.